The topological polar surface area (TPSA) is 138 Å². The van der Waals surface area contributed by atoms with Crippen molar-refractivity contribution in [3.8, 4) is 57.7 Å². The highest BCUT2D eigenvalue weighted by atomic mass is 79.9. The average Bonchev–Trinajstić information content (AvgIpc) is 3.95. The first-order chi connectivity index (χ1) is 32.8. The molecule has 4 aromatic carbocycles. The second-order valence-corrected chi connectivity index (χ2v) is 18.3. The van der Waals surface area contributed by atoms with Gasteiger partial charge in [0.1, 0.15) is 46.4 Å². The molecule has 6 aromatic heterocycles. The zero-order chi connectivity index (χ0) is 47.6. The Labute approximate surface area is 401 Å². The normalized spacial score (nSPS) is 14.0. The molecular weight excluding hydrogens is 919 g/mol. The van der Waals surface area contributed by atoms with Gasteiger partial charge in [-0.25, -0.2) is 9.97 Å². The molecule has 0 amide bonds. The van der Waals surface area contributed by atoms with Crippen LogP contribution in [0, 0.1) is 22.7 Å². The van der Waals surface area contributed by atoms with Crippen LogP contribution in [0.25, 0.3) is 77.2 Å². The van der Waals surface area contributed by atoms with Crippen LogP contribution in [0.15, 0.2) is 126 Å². The molecule has 0 spiro atoms. The van der Waals surface area contributed by atoms with Crippen LogP contribution in [-0.2, 0) is 9.31 Å². The van der Waals surface area contributed by atoms with Crippen molar-refractivity contribution in [2.24, 2.45) is 0 Å². The predicted molar refractivity (Wildman–Crippen MR) is 270 cm³/mol. The molecule has 1 saturated heterocycles. The summed E-state index contributed by atoms with van der Waals surface area (Å²) in [5, 5.41) is 25.1. The lowest BCUT2D eigenvalue weighted by Gasteiger charge is -2.32. The average molecular weight is 964 g/mol. The molecule has 1 fully saturated rings. The van der Waals surface area contributed by atoms with Crippen molar-refractivity contribution in [2.75, 3.05) is 28.4 Å². The monoisotopic (exact) mass is 962 g/mol. The summed E-state index contributed by atoms with van der Waals surface area (Å²) in [4.78, 5) is 10.2. The minimum absolute atomic E-state index is 0.417. The third-order valence-electron chi connectivity index (χ3n) is 13.2. The fourth-order valence-electron chi connectivity index (χ4n) is 9.09. The molecule has 1 aliphatic rings. The molecule has 0 N–H and O–H groups in total. The van der Waals surface area contributed by atoms with E-state index >= 15 is 0 Å². The maximum atomic E-state index is 10.2. The molecule has 0 aliphatic carbocycles. The summed E-state index contributed by atoms with van der Waals surface area (Å²) < 4.78 is 40.1. The predicted octanol–water partition coefficient (Wildman–Crippen LogP) is 11.5. The number of methoxy groups -OCH3 is 4. The SMILES string of the molecule is COc1cc(OC)c2c(-c3ccc(B4OC(C)(C)C(C)(C)O4)cc3)nc3c(c(C#N)c4ccccn43)c2c1.COc1cc(OC)c2c(-c3ccc(Br)cc3)nc3c(c(C#N)c4ccccn43)c2c1. The third kappa shape index (κ3) is 7.03. The molecule has 0 bridgehead atoms. The molecule has 10 aromatic rings. The van der Waals surface area contributed by atoms with Gasteiger partial charge in [-0.3, -0.25) is 8.80 Å². The second kappa shape index (κ2) is 16.9. The van der Waals surface area contributed by atoms with E-state index in [-0.39, 0.29) is 0 Å². The highest BCUT2D eigenvalue weighted by Gasteiger charge is 2.51. The van der Waals surface area contributed by atoms with E-state index in [0.29, 0.717) is 39.8 Å². The Morgan fingerprint density at radius 1 is 0.559 bits per heavy atom. The minimum atomic E-state index is -0.451. The van der Waals surface area contributed by atoms with E-state index in [1.165, 1.54) is 0 Å². The lowest BCUT2D eigenvalue weighted by atomic mass is 9.78. The molecule has 68 heavy (non-hydrogen) atoms. The zero-order valence-corrected chi connectivity index (χ0v) is 40.2. The fraction of sp³-hybridized carbons (Fsp3) is 0.185. The molecule has 0 saturated carbocycles. The largest absolute Gasteiger partial charge is 0.497 e. The Kier molecular flexibility index (Phi) is 11.0. The first kappa shape index (κ1) is 44.2. The number of fused-ring (bicyclic) bond motifs is 10. The van der Waals surface area contributed by atoms with Gasteiger partial charge in [0.15, 0.2) is 0 Å². The van der Waals surface area contributed by atoms with Crippen molar-refractivity contribution < 1.29 is 28.3 Å². The van der Waals surface area contributed by atoms with E-state index in [1.54, 1.807) is 28.4 Å². The molecule has 11 rings (SSSR count). The summed E-state index contributed by atoms with van der Waals surface area (Å²) in [6.45, 7) is 8.18. The second-order valence-electron chi connectivity index (χ2n) is 17.4. The number of halogens is 1. The highest BCUT2D eigenvalue weighted by molar-refractivity contribution is 9.10. The van der Waals surface area contributed by atoms with Gasteiger partial charge in [0.25, 0.3) is 0 Å². The molecule has 336 valence electrons. The van der Waals surface area contributed by atoms with E-state index in [2.05, 4.69) is 28.1 Å². The van der Waals surface area contributed by atoms with Crippen LogP contribution in [-0.4, -0.2) is 65.5 Å². The van der Waals surface area contributed by atoms with Gasteiger partial charge in [-0.1, -0.05) is 64.5 Å². The standard InChI is InChI=1S/C30H28BN3O4.C24H16BrN3O2/c1-29(2)30(3,4)38-31(37-29)19-12-10-18(11-13-19)27-26-21(15-20(35-5)16-24(26)36-6)25-22(17-32)23-9-7-8-14-34(23)28(25)33-27;1-29-16-11-17-21-18(13-26)19-5-3-4-10-28(19)24(21)27-23(22(17)20(12-16)30-2)14-6-8-15(25)9-7-14/h7-16H,1-6H3;3-12H,1-2H3. The number of aromatic nitrogens is 4. The summed E-state index contributed by atoms with van der Waals surface area (Å²) in [7, 11) is 6.05. The first-order valence-electron chi connectivity index (χ1n) is 21.8. The maximum Gasteiger partial charge on any atom is 0.494 e. The third-order valence-corrected chi connectivity index (χ3v) is 13.7. The van der Waals surface area contributed by atoms with Crippen molar-refractivity contribution in [2.45, 2.75) is 38.9 Å². The Balaban J connectivity index is 0.000000163. The van der Waals surface area contributed by atoms with Gasteiger partial charge >= 0.3 is 7.12 Å². The van der Waals surface area contributed by atoms with E-state index < -0.39 is 18.3 Å². The minimum Gasteiger partial charge on any atom is -0.497 e. The van der Waals surface area contributed by atoms with Crippen molar-refractivity contribution >= 4 is 83.2 Å². The molecule has 1 aliphatic heterocycles. The van der Waals surface area contributed by atoms with Crippen LogP contribution in [0.4, 0.5) is 0 Å². The number of nitrogens with zero attached hydrogens (tertiary/aromatic N) is 6. The number of ether oxygens (including phenoxy) is 4. The van der Waals surface area contributed by atoms with E-state index in [0.717, 1.165) is 81.4 Å². The maximum absolute atomic E-state index is 10.2. The first-order valence-corrected chi connectivity index (χ1v) is 22.6. The Morgan fingerprint density at radius 2 is 0.985 bits per heavy atom. The summed E-state index contributed by atoms with van der Waals surface area (Å²) in [5.41, 5.74) is 7.70. The molecule has 0 radical (unpaired) electrons. The number of benzene rings is 4. The van der Waals surface area contributed by atoms with Gasteiger partial charge < -0.3 is 28.3 Å². The van der Waals surface area contributed by atoms with E-state index in [9.17, 15) is 10.5 Å². The van der Waals surface area contributed by atoms with Gasteiger partial charge in [-0.15, -0.1) is 0 Å². The summed E-state index contributed by atoms with van der Waals surface area (Å²) in [6.07, 6.45) is 3.86. The highest BCUT2D eigenvalue weighted by Crippen LogP contribution is 2.45. The number of rotatable bonds is 7. The number of hydrogen-bond acceptors (Lipinski definition) is 10. The van der Waals surface area contributed by atoms with Crippen LogP contribution < -0.4 is 24.4 Å². The lowest BCUT2D eigenvalue weighted by Crippen LogP contribution is -2.41. The molecule has 7 heterocycles. The van der Waals surface area contributed by atoms with Gasteiger partial charge in [0, 0.05) is 61.7 Å². The smallest absolute Gasteiger partial charge is 0.494 e. The lowest BCUT2D eigenvalue weighted by molar-refractivity contribution is 0.00578. The molecule has 0 atom stereocenters. The van der Waals surface area contributed by atoms with Crippen molar-refractivity contribution in [3.05, 3.63) is 137 Å². The number of nitriles is 2. The van der Waals surface area contributed by atoms with Crippen LogP contribution >= 0.6 is 15.9 Å². The van der Waals surface area contributed by atoms with Gasteiger partial charge in [0.05, 0.1) is 84.0 Å². The van der Waals surface area contributed by atoms with E-state index in [4.69, 9.17) is 38.2 Å². The van der Waals surface area contributed by atoms with Crippen LogP contribution in [0.3, 0.4) is 0 Å². The van der Waals surface area contributed by atoms with Crippen LogP contribution in [0.1, 0.15) is 38.8 Å². The Bertz CT molecular complexity index is 3720. The van der Waals surface area contributed by atoms with Gasteiger partial charge in [-0.2, -0.15) is 10.5 Å². The van der Waals surface area contributed by atoms with Gasteiger partial charge in [0.2, 0.25) is 0 Å². The Hall–Kier alpha value is -7.62. The van der Waals surface area contributed by atoms with Gasteiger partial charge in [-0.05, 0) is 81.7 Å². The quantitative estimate of drug-likeness (QED) is 0.142. The number of hydrogen-bond donors (Lipinski definition) is 0. The fourth-order valence-corrected chi connectivity index (χ4v) is 9.35. The Morgan fingerprint density at radius 3 is 1.38 bits per heavy atom. The number of pyridine rings is 4. The molecule has 0 unspecified atom stereocenters. The van der Waals surface area contributed by atoms with Crippen molar-refractivity contribution in [1.82, 2.24) is 18.8 Å². The summed E-state index contributed by atoms with van der Waals surface area (Å²) >= 11 is 3.50. The van der Waals surface area contributed by atoms with E-state index in [1.807, 2.05) is 158 Å². The molecule has 14 heteroatoms. The molecular formula is C54H44BBrN6O6. The van der Waals surface area contributed by atoms with Crippen LogP contribution in [0.2, 0.25) is 0 Å². The van der Waals surface area contributed by atoms with Crippen molar-refractivity contribution in [3.63, 3.8) is 0 Å². The zero-order valence-electron chi connectivity index (χ0n) is 38.6. The van der Waals surface area contributed by atoms with Crippen LogP contribution in [0.5, 0.6) is 23.0 Å². The molecule has 12 nitrogen and oxygen atoms in total. The summed E-state index contributed by atoms with van der Waals surface area (Å²) in [6, 6.07) is 40.0. The van der Waals surface area contributed by atoms with Crippen molar-refractivity contribution in [1.29, 1.82) is 10.5 Å². The summed E-state index contributed by atoms with van der Waals surface area (Å²) in [5.74, 6) is 2.57.